The van der Waals surface area contributed by atoms with Gasteiger partial charge in [-0.1, -0.05) is 0 Å². The third kappa shape index (κ3) is 5.94. The van der Waals surface area contributed by atoms with Gasteiger partial charge >= 0.3 is 0 Å². The van der Waals surface area contributed by atoms with Crippen molar-refractivity contribution in [3.05, 3.63) is 70.8 Å². The summed E-state index contributed by atoms with van der Waals surface area (Å²) in [5.74, 6) is -23.9. The van der Waals surface area contributed by atoms with Gasteiger partial charge in [-0.15, -0.1) is 0 Å². The second-order valence-corrected chi connectivity index (χ2v) is 11.2. The highest BCUT2D eigenvalue weighted by Crippen LogP contribution is 2.43. The summed E-state index contributed by atoms with van der Waals surface area (Å²) in [5.41, 5.74) is -13.4. The number of aliphatic hydroxyl groups excluding tert-OH is 2. The van der Waals surface area contributed by atoms with E-state index in [9.17, 15) is 101 Å². The maximum absolute atomic E-state index is 13.9. The lowest BCUT2D eigenvalue weighted by Crippen LogP contribution is -2.68. The number of Topliss-reactive ketones (excluding diaryl/α,β-unsaturated/α-hetero) is 4. The van der Waals surface area contributed by atoms with Gasteiger partial charge in [0.1, 0.15) is 12.2 Å². The largest absolute Gasteiger partial charge is 0.504 e. The average molecular weight is 731 g/mol. The number of phenolic OH excluding ortho intramolecular Hbond substituents is 12. The molecule has 0 aromatic heterocycles. The Hall–Kier alpha value is -7.00. The fourth-order valence-corrected chi connectivity index (χ4v) is 5.02. The molecule has 16 N–H and O–H groups in total. The molecule has 0 radical (unpaired) electrons. The van der Waals surface area contributed by atoms with E-state index in [2.05, 4.69) is 0 Å². The maximum Gasteiger partial charge on any atom is 0.219 e. The minimum absolute atomic E-state index is 0.299. The second kappa shape index (κ2) is 13.0. The molecule has 0 fully saturated rings. The zero-order valence-corrected chi connectivity index (χ0v) is 25.6. The minimum atomic E-state index is -4.36. The van der Waals surface area contributed by atoms with Crippen LogP contribution in [0, 0.1) is 0 Å². The van der Waals surface area contributed by atoms with Gasteiger partial charge in [-0.3, -0.25) is 19.2 Å². The van der Waals surface area contributed by atoms with Gasteiger partial charge in [0.25, 0.3) is 0 Å². The van der Waals surface area contributed by atoms with Crippen molar-refractivity contribution < 1.29 is 101 Å². The fourth-order valence-electron chi connectivity index (χ4n) is 5.02. The number of carbonyl (C=O) groups is 4. The van der Waals surface area contributed by atoms with Crippen LogP contribution in [-0.2, 0) is 0 Å². The van der Waals surface area contributed by atoms with Crippen molar-refractivity contribution in [2.24, 2.45) is 0 Å². The fraction of sp³-hybridized carbons (Fsp3) is 0.125. The molecular formula is C32H26O20. The molecule has 2 atom stereocenters. The van der Waals surface area contributed by atoms with Crippen LogP contribution in [0.2, 0.25) is 0 Å². The molecule has 4 aromatic carbocycles. The highest BCUT2D eigenvalue weighted by molar-refractivity contribution is 6.25. The first-order valence-electron chi connectivity index (χ1n) is 14.0. The molecule has 0 heterocycles. The Bertz CT molecular complexity index is 1790. The molecular weight excluding hydrogens is 704 g/mol. The van der Waals surface area contributed by atoms with Gasteiger partial charge < -0.3 is 81.7 Å². The van der Waals surface area contributed by atoms with Crippen LogP contribution >= 0.6 is 0 Å². The van der Waals surface area contributed by atoms with Crippen LogP contribution in [0.4, 0.5) is 0 Å². The number of aromatic hydroxyl groups is 12. The Kier molecular flexibility index (Phi) is 9.48. The van der Waals surface area contributed by atoms with E-state index < -0.39 is 138 Å². The third-order valence-corrected chi connectivity index (χ3v) is 7.87. The molecule has 20 nitrogen and oxygen atoms in total. The standard InChI is InChI=1S/C32H26O20/c33-13-1-9(2-14(34)21(13)41)25(45)31(51,26(46)10-3-15(35)22(42)16(36)4-10)29(49)30(50)32(52,27(47)11-5-17(37)23(43)18(38)6-11)28(48)12-7-19(39)24(44)20(40)8-12/h1-8,29-30,33-44,49-52H/t29-,30+. The van der Waals surface area contributed by atoms with Gasteiger partial charge in [0.05, 0.1) is 0 Å². The molecule has 4 rings (SSSR count). The number of hydrogen-bond acceptors (Lipinski definition) is 20. The van der Waals surface area contributed by atoms with E-state index in [-0.39, 0.29) is 0 Å². The molecule has 0 unspecified atom stereocenters. The van der Waals surface area contributed by atoms with E-state index in [1.165, 1.54) is 0 Å². The third-order valence-electron chi connectivity index (χ3n) is 7.87. The summed E-state index contributed by atoms with van der Waals surface area (Å²) in [4.78, 5) is 55.5. The first kappa shape index (κ1) is 37.8. The second-order valence-electron chi connectivity index (χ2n) is 11.2. The van der Waals surface area contributed by atoms with Gasteiger partial charge in [-0.2, -0.15) is 0 Å². The Labute approximate surface area is 287 Å². The molecule has 20 heteroatoms. The Morgan fingerprint density at radius 1 is 0.346 bits per heavy atom. The van der Waals surface area contributed by atoms with E-state index in [0.29, 0.717) is 48.5 Å². The molecule has 0 aliphatic carbocycles. The maximum atomic E-state index is 13.9. The Morgan fingerprint density at radius 3 is 0.615 bits per heavy atom. The van der Waals surface area contributed by atoms with E-state index in [1.807, 2.05) is 0 Å². The normalized spacial score (nSPS) is 12.9. The van der Waals surface area contributed by atoms with Crippen molar-refractivity contribution in [1.29, 1.82) is 0 Å². The summed E-state index contributed by atoms with van der Waals surface area (Å²) in [6.45, 7) is 0. The van der Waals surface area contributed by atoms with E-state index in [4.69, 9.17) is 0 Å². The molecule has 0 aliphatic rings. The van der Waals surface area contributed by atoms with Crippen LogP contribution < -0.4 is 0 Å². The lowest BCUT2D eigenvalue weighted by atomic mass is 9.71. The van der Waals surface area contributed by atoms with Crippen molar-refractivity contribution in [3.63, 3.8) is 0 Å². The molecule has 0 amide bonds. The van der Waals surface area contributed by atoms with Crippen molar-refractivity contribution in [2.75, 3.05) is 0 Å². The van der Waals surface area contributed by atoms with Crippen LogP contribution in [-0.4, -0.2) is 128 Å². The quantitative estimate of drug-likeness (QED) is 0.0508. The van der Waals surface area contributed by atoms with Crippen molar-refractivity contribution in [2.45, 2.75) is 23.4 Å². The molecule has 4 aromatic rings. The van der Waals surface area contributed by atoms with Gasteiger partial charge in [0.2, 0.25) is 34.3 Å². The average Bonchev–Trinajstić information content (AvgIpc) is 3.10. The van der Waals surface area contributed by atoms with Gasteiger partial charge in [0, 0.05) is 22.3 Å². The van der Waals surface area contributed by atoms with Crippen LogP contribution in [0.1, 0.15) is 41.4 Å². The van der Waals surface area contributed by atoms with E-state index in [0.717, 1.165) is 0 Å². The number of rotatable bonds is 11. The lowest BCUT2D eigenvalue weighted by Gasteiger charge is -2.39. The number of phenols is 12. The first-order chi connectivity index (χ1) is 24.0. The predicted octanol–water partition coefficient (Wildman–Crippen LogP) is -0.831. The zero-order valence-electron chi connectivity index (χ0n) is 25.6. The smallest absolute Gasteiger partial charge is 0.219 e. The zero-order chi connectivity index (χ0) is 39.4. The molecule has 0 aliphatic heterocycles. The molecule has 0 spiro atoms. The number of ketones is 4. The lowest BCUT2D eigenvalue weighted by molar-refractivity contribution is -0.130. The highest BCUT2D eigenvalue weighted by atomic mass is 16.4. The molecule has 52 heavy (non-hydrogen) atoms. The highest BCUT2D eigenvalue weighted by Gasteiger charge is 2.62. The van der Waals surface area contributed by atoms with E-state index >= 15 is 0 Å². The van der Waals surface area contributed by atoms with E-state index in [1.54, 1.807) is 0 Å². The SMILES string of the molecule is O=C(c1cc(O)c(O)c(O)c1)C(O)(C(=O)c1cc(O)c(O)c(O)c1)[C@H](O)[C@H](O)C(O)(C(=O)c1cc(O)c(O)c(O)c1)C(=O)c1cc(O)c(O)c(O)c1. The topological polar surface area (TPSA) is 392 Å². The molecule has 0 bridgehead atoms. The van der Waals surface area contributed by atoms with Crippen LogP contribution in [0.5, 0.6) is 69.0 Å². The molecule has 0 saturated carbocycles. The number of carbonyl (C=O) groups excluding carboxylic acids is 4. The van der Waals surface area contributed by atoms with Crippen molar-refractivity contribution in [3.8, 4) is 69.0 Å². The van der Waals surface area contributed by atoms with Gasteiger partial charge in [-0.25, -0.2) is 0 Å². The number of aliphatic hydroxyl groups is 4. The minimum Gasteiger partial charge on any atom is -0.504 e. The summed E-state index contributed by atoms with van der Waals surface area (Å²) in [6.07, 6.45) is -7.36. The van der Waals surface area contributed by atoms with Crippen LogP contribution in [0.15, 0.2) is 48.5 Å². The van der Waals surface area contributed by atoms with Crippen molar-refractivity contribution >= 4 is 23.1 Å². The van der Waals surface area contributed by atoms with Crippen molar-refractivity contribution in [1.82, 2.24) is 0 Å². The predicted molar refractivity (Wildman–Crippen MR) is 165 cm³/mol. The monoisotopic (exact) mass is 730 g/mol. The summed E-state index contributed by atoms with van der Waals surface area (Å²) in [7, 11) is 0. The summed E-state index contributed by atoms with van der Waals surface area (Å²) in [6, 6.07) is 2.39. The molecule has 274 valence electrons. The summed E-state index contributed by atoms with van der Waals surface area (Å²) in [5, 5.41) is 165. The Balaban J connectivity index is 2.04. The summed E-state index contributed by atoms with van der Waals surface area (Å²) < 4.78 is 0. The van der Waals surface area contributed by atoms with Crippen LogP contribution in [0.25, 0.3) is 0 Å². The summed E-state index contributed by atoms with van der Waals surface area (Å²) >= 11 is 0. The Morgan fingerprint density at radius 2 is 0.481 bits per heavy atom. The van der Waals surface area contributed by atoms with Gasteiger partial charge in [-0.05, 0) is 48.5 Å². The number of benzene rings is 4. The van der Waals surface area contributed by atoms with Gasteiger partial charge in [0.15, 0.2) is 69.0 Å². The first-order valence-corrected chi connectivity index (χ1v) is 14.0. The van der Waals surface area contributed by atoms with Crippen LogP contribution in [0.3, 0.4) is 0 Å². The molecule has 0 saturated heterocycles. The number of hydrogen-bond donors (Lipinski definition) is 16.